The maximum Gasteiger partial charge on any atom is 0.222 e. The van der Waals surface area contributed by atoms with Crippen molar-refractivity contribution in [3.05, 3.63) is 0 Å². The molecular formula is C11H23N3O2. The normalized spacial score (nSPS) is 11.1. The van der Waals surface area contributed by atoms with Gasteiger partial charge in [-0.25, -0.2) is 0 Å². The van der Waals surface area contributed by atoms with E-state index in [9.17, 15) is 9.59 Å². The fourth-order valence-electron chi connectivity index (χ4n) is 1.04. The van der Waals surface area contributed by atoms with Gasteiger partial charge < -0.3 is 16.0 Å². The van der Waals surface area contributed by atoms with Crippen LogP contribution in [-0.2, 0) is 9.59 Å². The van der Waals surface area contributed by atoms with Crippen molar-refractivity contribution in [3.8, 4) is 0 Å². The molecule has 5 nitrogen and oxygen atoms in total. The highest BCUT2D eigenvalue weighted by Gasteiger charge is 2.12. The number of nitrogens with two attached hydrogens (primary N) is 1. The summed E-state index contributed by atoms with van der Waals surface area (Å²) in [5.74, 6) is -0.00274. The molecule has 0 saturated carbocycles. The zero-order valence-electron chi connectivity index (χ0n) is 10.7. The molecule has 0 aliphatic carbocycles. The second-order valence-corrected chi connectivity index (χ2v) is 4.91. The number of nitrogens with one attached hydrogen (secondary N) is 1. The maximum absolute atomic E-state index is 11.3. The zero-order chi connectivity index (χ0) is 12.8. The number of carbonyl (C=O) groups excluding carboxylic acids is 2. The quantitative estimate of drug-likeness (QED) is 0.678. The topological polar surface area (TPSA) is 75.4 Å². The third-order valence-electron chi connectivity index (χ3n) is 2.03. The van der Waals surface area contributed by atoms with Crippen LogP contribution in [0.3, 0.4) is 0 Å². The summed E-state index contributed by atoms with van der Waals surface area (Å²) in [6, 6.07) is 0. The molecule has 0 radical (unpaired) electrons. The number of nitrogens with zero attached hydrogens (tertiary/aromatic N) is 1. The lowest BCUT2D eigenvalue weighted by Crippen LogP contribution is -2.45. The Morgan fingerprint density at radius 3 is 2.25 bits per heavy atom. The smallest absolute Gasteiger partial charge is 0.222 e. The Labute approximate surface area is 97.4 Å². The molecule has 0 bridgehead atoms. The van der Waals surface area contributed by atoms with E-state index in [-0.39, 0.29) is 11.8 Å². The average Bonchev–Trinajstić information content (AvgIpc) is 2.13. The van der Waals surface area contributed by atoms with Crippen LogP contribution in [0.5, 0.6) is 0 Å². The highest BCUT2D eigenvalue weighted by Crippen LogP contribution is 1.99. The number of amides is 2. The number of rotatable bonds is 6. The van der Waals surface area contributed by atoms with Gasteiger partial charge in [0.25, 0.3) is 0 Å². The van der Waals surface area contributed by atoms with E-state index in [0.717, 1.165) is 0 Å². The van der Waals surface area contributed by atoms with Crippen molar-refractivity contribution in [3.63, 3.8) is 0 Å². The molecule has 0 aromatic rings. The van der Waals surface area contributed by atoms with Crippen molar-refractivity contribution in [2.75, 3.05) is 20.6 Å². The molecule has 0 unspecified atom stereocenters. The first-order valence-electron chi connectivity index (χ1n) is 5.48. The Hall–Kier alpha value is -1.10. The van der Waals surface area contributed by atoms with Gasteiger partial charge in [-0.3, -0.25) is 9.59 Å². The fraction of sp³-hybridized carbons (Fsp3) is 0.818. The lowest BCUT2D eigenvalue weighted by atomic mass is 10.1. The van der Waals surface area contributed by atoms with Gasteiger partial charge in [0, 0.05) is 39.0 Å². The summed E-state index contributed by atoms with van der Waals surface area (Å²) < 4.78 is 0. The molecule has 16 heavy (non-hydrogen) atoms. The number of carbonyl (C=O) groups is 2. The highest BCUT2D eigenvalue weighted by atomic mass is 16.2. The standard InChI is InChI=1S/C11H23N3O2/c1-11(2,12)8-13-9(15)6-5-7-10(16)14(3)4/h5-8,12H2,1-4H3,(H,13,15). The van der Waals surface area contributed by atoms with Crippen LogP contribution < -0.4 is 11.1 Å². The predicted molar refractivity (Wildman–Crippen MR) is 63.8 cm³/mol. The monoisotopic (exact) mass is 229 g/mol. The lowest BCUT2D eigenvalue weighted by Gasteiger charge is -2.18. The molecule has 0 aliphatic heterocycles. The average molecular weight is 229 g/mol. The molecule has 0 heterocycles. The van der Waals surface area contributed by atoms with Crippen LogP contribution in [0.1, 0.15) is 33.1 Å². The number of hydrogen-bond acceptors (Lipinski definition) is 3. The SMILES string of the molecule is CN(C)C(=O)CCCC(=O)NCC(C)(C)N. The molecule has 2 amide bonds. The minimum Gasteiger partial charge on any atom is -0.354 e. The Morgan fingerprint density at radius 1 is 1.25 bits per heavy atom. The van der Waals surface area contributed by atoms with Crippen molar-refractivity contribution >= 4 is 11.8 Å². The van der Waals surface area contributed by atoms with Gasteiger partial charge in [0.15, 0.2) is 0 Å². The largest absolute Gasteiger partial charge is 0.354 e. The van der Waals surface area contributed by atoms with Crippen molar-refractivity contribution in [1.29, 1.82) is 0 Å². The van der Waals surface area contributed by atoms with E-state index in [2.05, 4.69) is 5.32 Å². The molecule has 0 saturated heterocycles. The summed E-state index contributed by atoms with van der Waals surface area (Å²) in [6.07, 6.45) is 1.36. The third-order valence-corrected chi connectivity index (χ3v) is 2.03. The van der Waals surface area contributed by atoms with Gasteiger partial charge in [0.05, 0.1) is 0 Å². The fourth-order valence-corrected chi connectivity index (χ4v) is 1.04. The lowest BCUT2D eigenvalue weighted by molar-refractivity contribution is -0.129. The molecule has 0 rings (SSSR count). The summed E-state index contributed by atoms with van der Waals surface area (Å²) >= 11 is 0. The summed E-state index contributed by atoms with van der Waals surface area (Å²) in [5.41, 5.74) is 5.33. The molecule has 0 aromatic carbocycles. The van der Waals surface area contributed by atoms with Gasteiger partial charge in [0.2, 0.25) is 11.8 Å². The first kappa shape index (κ1) is 14.9. The number of hydrogen-bond donors (Lipinski definition) is 2. The van der Waals surface area contributed by atoms with Crippen LogP contribution in [0, 0.1) is 0 Å². The maximum atomic E-state index is 11.3. The van der Waals surface area contributed by atoms with Gasteiger partial charge >= 0.3 is 0 Å². The molecule has 0 aliphatic rings. The van der Waals surface area contributed by atoms with Gasteiger partial charge in [-0.1, -0.05) is 0 Å². The molecule has 0 aromatic heterocycles. The van der Waals surface area contributed by atoms with E-state index in [1.54, 1.807) is 14.1 Å². The van der Waals surface area contributed by atoms with Crippen LogP contribution in [0.15, 0.2) is 0 Å². The summed E-state index contributed by atoms with van der Waals surface area (Å²) in [7, 11) is 3.42. The van der Waals surface area contributed by atoms with Crippen LogP contribution in [0.25, 0.3) is 0 Å². The van der Waals surface area contributed by atoms with E-state index < -0.39 is 5.54 Å². The van der Waals surface area contributed by atoms with Crippen molar-refractivity contribution in [2.24, 2.45) is 5.73 Å². The molecule has 94 valence electrons. The van der Waals surface area contributed by atoms with Crippen LogP contribution in [0.2, 0.25) is 0 Å². The Balaban J connectivity index is 3.63. The first-order chi connectivity index (χ1) is 7.22. The van der Waals surface area contributed by atoms with Gasteiger partial charge in [0.1, 0.15) is 0 Å². The van der Waals surface area contributed by atoms with Crippen molar-refractivity contribution in [1.82, 2.24) is 10.2 Å². The van der Waals surface area contributed by atoms with Crippen LogP contribution in [-0.4, -0.2) is 42.9 Å². The van der Waals surface area contributed by atoms with Crippen LogP contribution in [0.4, 0.5) is 0 Å². The molecule has 0 spiro atoms. The van der Waals surface area contributed by atoms with E-state index in [0.29, 0.717) is 25.8 Å². The third kappa shape index (κ3) is 8.23. The van der Waals surface area contributed by atoms with E-state index in [4.69, 9.17) is 5.73 Å². The van der Waals surface area contributed by atoms with Crippen molar-refractivity contribution < 1.29 is 9.59 Å². The summed E-state index contributed by atoms with van der Waals surface area (Å²) in [4.78, 5) is 24.1. The highest BCUT2D eigenvalue weighted by molar-refractivity contribution is 5.78. The van der Waals surface area contributed by atoms with Crippen LogP contribution >= 0.6 is 0 Å². The molecule has 3 N–H and O–H groups in total. The molecule has 0 atom stereocenters. The van der Waals surface area contributed by atoms with Crippen molar-refractivity contribution in [2.45, 2.75) is 38.6 Å². The van der Waals surface area contributed by atoms with Gasteiger partial charge in [-0.2, -0.15) is 0 Å². The van der Waals surface area contributed by atoms with Gasteiger partial charge in [-0.05, 0) is 20.3 Å². The molecular weight excluding hydrogens is 206 g/mol. The summed E-state index contributed by atoms with van der Waals surface area (Å²) in [6.45, 7) is 4.15. The Morgan fingerprint density at radius 2 is 1.81 bits per heavy atom. The predicted octanol–water partition coefficient (Wildman–Crippen LogP) is 0.0984. The Kier molecular flexibility index (Phi) is 6.03. The summed E-state index contributed by atoms with van der Waals surface area (Å²) in [5, 5.41) is 2.74. The molecule has 0 fully saturated rings. The molecule has 5 heteroatoms. The second kappa shape index (κ2) is 6.48. The van der Waals surface area contributed by atoms with Gasteiger partial charge in [-0.15, -0.1) is 0 Å². The minimum absolute atomic E-state index is 0.0481. The van der Waals surface area contributed by atoms with E-state index in [1.165, 1.54) is 4.90 Å². The van der Waals surface area contributed by atoms with E-state index >= 15 is 0 Å². The Bertz CT molecular complexity index is 244. The second-order valence-electron chi connectivity index (χ2n) is 4.91. The van der Waals surface area contributed by atoms with E-state index in [1.807, 2.05) is 13.8 Å². The first-order valence-corrected chi connectivity index (χ1v) is 5.48. The zero-order valence-corrected chi connectivity index (χ0v) is 10.7. The minimum atomic E-state index is -0.394.